The summed E-state index contributed by atoms with van der Waals surface area (Å²) in [7, 11) is 0. The number of unbranched alkanes of at least 4 members (excludes halogenated alkanes) is 1. The number of amides is 2. The quantitative estimate of drug-likeness (QED) is 0.269. The predicted molar refractivity (Wildman–Crippen MR) is 146 cm³/mol. The molecule has 1 fully saturated rings. The lowest BCUT2D eigenvalue weighted by Gasteiger charge is -2.30. The van der Waals surface area contributed by atoms with E-state index in [0.29, 0.717) is 5.69 Å². The third kappa shape index (κ3) is 4.84. The number of hydrogen-bond donors (Lipinski definition) is 1. The van der Waals surface area contributed by atoms with Crippen LogP contribution in [0.4, 0.5) is 5.69 Å². The normalized spacial score (nSPS) is 15.2. The molecule has 0 unspecified atom stereocenters. The van der Waals surface area contributed by atoms with Gasteiger partial charge in [0.2, 0.25) is 0 Å². The molecule has 5 nitrogen and oxygen atoms in total. The van der Waals surface area contributed by atoms with Crippen molar-refractivity contribution in [1.29, 1.82) is 0 Å². The van der Waals surface area contributed by atoms with Crippen molar-refractivity contribution in [2.24, 2.45) is 0 Å². The number of carbonyl (C=O) groups is 2. The molecule has 0 atom stereocenters. The van der Waals surface area contributed by atoms with Crippen LogP contribution in [0, 0.1) is 27.7 Å². The molecule has 0 radical (unpaired) electrons. The smallest absolute Gasteiger partial charge is 0.270 e. The van der Waals surface area contributed by atoms with E-state index in [4.69, 9.17) is 12.2 Å². The molecule has 2 amide bonds. The van der Waals surface area contributed by atoms with Crippen molar-refractivity contribution in [1.82, 2.24) is 9.88 Å². The van der Waals surface area contributed by atoms with Crippen molar-refractivity contribution >= 4 is 40.9 Å². The number of benzene rings is 2. The second-order valence-corrected chi connectivity index (χ2v) is 9.57. The molecule has 3 aromatic rings. The standard InChI is InChI=1S/C29H31N3O2S/c1-6-7-8-22-11-13-24(14-12-22)31-20(4)16-23(21(31)5)17-25-27(33)30-29(35)32(28(25)34)26-15-18(2)9-10-19(26)3/h9-17H,6-8H2,1-5H3,(H,30,33,35)/b25-17+. The van der Waals surface area contributed by atoms with Crippen LogP contribution in [0.15, 0.2) is 54.1 Å². The average molecular weight is 486 g/mol. The third-order valence-electron chi connectivity index (χ3n) is 6.49. The fraction of sp³-hybridized carbons (Fsp3) is 0.276. The Labute approximate surface area is 212 Å². The van der Waals surface area contributed by atoms with Crippen LogP contribution in [0.5, 0.6) is 0 Å². The number of nitrogens with one attached hydrogen (secondary N) is 1. The molecular formula is C29H31N3O2S. The van der Waals surface area contributed by atoms with E-state index >= 15 is 0 Å². The van der Waals surface area contributed by atoms with Gasteiger partial charge in [-0.25, -0.2) is 0 Å². The Bertz CT molecular complexity index is 1350. The summed E-state index contributed by atoms with van der Waals surface area (Å²) in [5.74, 6) is -0.899. The highest BCUT2D eigenvalue weighted by Gasteiger charge is 2.35. The van der Waals surface area contributed by atoms with Crippen LogP contribution < -0.4 is 10.2 Å². The van der Waals surface area contributed by atoms with E-state index in [2.05, 4.69) is 41.1 Å². The average Bonchev–Trinajstić information content (AvgIpc) is 3.10. The Hall–Kier alpha value is -3.51. The van der Waals surface area contributed by atoms with Crippen LogP contribution in [-0.4, -0.2) is 21.5 Å². The van der Waals surface area contributed by atoms with Gasteiger partial charge < -0.3 is 4.57 Å². The monoisotopic (exact) mass is 485 g/mol. The molecule has 0 aliphatic carbocycles. The van der Waals surface area contributed by atoms with Gasteiger partial charge in [0.25, 0.3) is 11.8 Å². The SMILES string of the molecule is CCCCc1ccc(-n2c(C)cc(/C=C3\C(=O)NC(=S)N(c4cc(C)ccc4C)C3=O)c2C)cc1. The van der Waals surface area contributed by atoms with Crippen molar-refractivity contribution in [3.63, 3.8) is 0 Å². The van der Waals surface area contributed by atoms with Crippen LogP contribution in [0.3, 0.4) is 0 Å². The van der Waals surface area contributed by atoms with Gasteiger partial charge in [-0.05, 0) is 105 Å². The van der Waals surface area contributed by atoms with E-state index in [9.17, 15) is 9.59 Å². The minimum absolute atomic E-state index is 0.0645. The summed E-state index contributed by atoms with van der Waals surface area (Å²) in [5.41, 5.74) is 7.86. The van der Waals surface area contributed by atoms with Crippen molar-refractivity contribution in [3.8, 4) is 5.69 Å². The number of nitrogens with zero attached hydrogens (tertiary/aromatic N) is 2. The molecule has 2 aromatic carbocycles. The summed E-state index contributed by atoms with van der Waals surface area (Å²) in [6.07, 6.45) is 5.10. The summed E-state index contributed by atoms with van der Waals surface area (Å²) in [5, 5.41) is 2.79. The Morgan fingerprint density at radius 2 is 1.69 bits per heavy atom. The molecule has 1 aliphatic rings. The molecule has 0 saturated carbocycles. The van der Waals surface area contributed by atoms with Crippen LogP contribution >= 0.6 is 12.2 Å². The van der Waals surface area contributed by atoms with E-state index in [1.807, 2.05) is 52.0 Å². The van der Waals surface area contributed by atoms with Gasteiger partial charge in [-0.15, -0.1) is 0 Å². The lowest BCUT2D eigenvalue weighted by Crippen LogP contribution is -2.54. The molecule has 4 rings (SSSR count). The van der Waals surface area contributed by atoms with E-state index in [1.165, 1.54) is 23.3 Å². The van der Waals surface area contributed by atoms with Gasteiger partial charge in [-0.2, -0.15) is 0 Å². The fourth-order valence-electron chi connectivity index (χ4n) is 4.52. The molecule has 180 valence electrons. The second kappa shape index (κ2) is 10.0. The lowest BCUT2D eigenvalue weighted by atomic mass is 10.0. The van der Waals surface area contributed by atoms with Gasteiger partial charge in [-0.1, -0.05) is 37.6 Å². The highest BCUT2D eigenvalue weighted by atomic mass is 32.1. The summed E-state index contributed by atoms with van der Waals surface area (Å²) in [6.45, 7) is 10.1. The molecular weight excluding hydrogens is 454 g/mol. The Morgan fingerprint density at radius 1 is 0.971 bits per heavy atom. The molecule has 1 N–H and O–H groups in total. The maximum atomic E-state index is 13.5. The maximum absolute atomic E-state index is 13.5. The molecule has 0 spiro atoms. The largest absolute Gasteiger partial charge is 0.318 e. The zero-order valence-corrected chi connectivity index (χ0v) is 21.8. The lowest BCUT2D eigenvalue weighted by molar-refractivity contribution is -0.122. The van der Waals surface area contributed by atoms with E-state index in [-0.39, 0.29) is 10.7 Å². The zero-order valence-electron chi connectivity index (χ0n) is 20.9. The number of carbonyl (C=O) groups excluding carboxylic acids is 2. The van der Waals surface area contributed by atoms with Crippen LogP contribution in [-0.2, 0) is 16.0 Å². The van der Waals surface area contributed by atoms with Crippen molar-refractivity contribution in [2.45, 2.75) is 53.9 Å². The first-order valence-electron chi connectivity index (χ1n) is 12.0. The highest BCUT2D eigenvalue weighted by Crippen LogP contribution is 2.28. The molecule has 0 bridgehead atoms. The van der Waals surface area contributed by atoms with E-state index < -0.39 is 11.8 Å². The van der Waals surface area contributed by atoms with Crippen molar-refractivity contribution in [2.75, 3.05) is 4.90 Å². The third-order valence-corrected chi connectivity index (χ3v) is 6.78. The van der Waals surface area contributed by atoms with Crippen LogP contribution in [0.2, 0.25) is 0 Å². The predicted octanol–water partition coefficient (Wildman–Crippen LogP) is 5.88. The number of anilines is 1. The first-order valence-corrected chi connectivity index (χ1v) is 12.4. The Balaban J connectivity index is 1.71. The number of aromatic nitrogens is 1. The van der Waals surface area contributed by atoms with Gasteiger partial charge in [0.1, 0.15) is 5.57 Å². The second-order valence-electron chi connectivity index (χ2n) is 9.18. The fourth-order valence-corrected chi connectivity index (χ4v) is 4.79. The van der Waals surface area contributed by atoms with E-state index in [1.54, 1.807) is 6.08 Å². The maximum Gasteiger partial charge on any atom is 0.270 e. The summed E-state index contributed by atoms with van der Waals surface area (Å²) < 4.78 is 2.15. The summed E-state index contributed by atoms with van der Waals surface area (Å²) in [6, 6.07) is 16.4. The first kappa shape index (κ1) is 24.6. The molecule has 35 heavy (non-hydrogen) atoms. The van der Waals surface area contributed by atoms with Crippen LogP contribution in [0.25, 0.3) is 11.8 Å². The molecule has 2 heterocycles. The van der Waals surface area contributed by atoms with Gasteiger partial charge in [0.15, 0.2) is 5.11 Å². The van der Waals surface area contributed by atoms with Gasteiger partial charge in [-0.3, -0.25) is 19.8 Å². The van der Waals surface area contributed by atoms with Gasteiger partial charge >= 0.3 is 0 Å². The van der Waals surface area contributed by atoms with Gasteiger partial charge in [0, 0.05) is 17.1 Å². The summed E-state index contributed by atoms with van der Waals surface area (Å²) in [4.78, 5) is 27.8. The van der Waals surface area contributed by atoms with Crippen LogP contribution in [0.1, 0.15) is 53.4 Å². The topological polar surface area (TPSA) is 54.3 Å². The number of hydrogen-bond acceptors (Lipinski definition) is 3. The number of aryl methyl sites for hydroxylation is 4. The number of rotatable bonds is 6. The highest BCUT2D eigenvalue weighted by molar-refractivity contribution is 7.80. The van der Waals surface area contributed by atoms with Crippen molar-refractivity contribution < 1.29 is 9.59 Å². The minimum Gasteiger partial charge on any atom is -0.318 e. The first-order chi connectivity index (χ1) is 16.7. The Kier molecular flexibility index (Phi) is 7.03. The molecule has 1 aromatic heterocycles. The Morgan fingerprint density at radius 3 is 2.37 bits per heavy atom. The zero-order chi connectivity index (χ0) is 25.3. The number of thiocarbonyl (C=S) groups is 1. The summed E-state index contributed by atoms with van der Waals surface area (Å²) >= 11 is 5.38. The molecule has 1 aliphatic heterocycles. The molecule has 6 heteroatoms. The van der Waals surface area contributed by atoms with E-state index in [0.717, 1.165) is 40.2 Å². The molecule has 1 saturated heterocycles. The minimum atomic E-state index is -0.480. The van der Waals surface area contributed by atoms with Gasteiger partial charge in [0.05, 0.1) is 5.69 Å². The van der Waals surface area contributed by atoms with Crippen molar-refractivity contribution in [3.05, 3.63) is 87.7 Å².